The van der Waals surface area contributed by atoms with Gasteiger partial charge in [0.15, 0.2) is 0 Å². The molecule has 1 heterocycles. The monoisotopic (exact) mass is 244 g/mol. The summed E-state index contributed by atoms with van der Waals surface area (Å²) in [4.78, 5) is 11.2. The van der Waals surface area contributed by atoms with Gasteiger partial charge in [0, 0.05) is 11.8 Å². The second-order valence-corrected chi connectivity index (χ2v) is 5.26. The quantitative estimate of drug-likeness (QED) is 0.882. The Morgan fingerprint density at radius 1 is 1.17 bits per heavy atom. The molecule has 0 unspecified atom stereocenters. The van der Waals surface area contributed by atoms with Crippen molar-refractivity contribution in [3.63, 3.8) is 0 Å². The van der Waals surface area contributed by atoms with E-state index in [1.807, 2.05) is 11.6 Å². The molecular weight excluding hydrogens is 224 g/mol. The SMILES string of the molecule is Cc1cc(=O)[nH]n1Cc1ccc(CC(C)C)cc1. The summed E-state index contributed by atoms with van der Waals surface area (Å²) in [5, 5.41) is 2.80. The van der Waals surface area contributed by atoms with Crippen molar-refractivity contribution in [3.8, 4) is 0 Å². The summed E-state index contributed by atoms with van der Waals surface area (Å²) in [7, 11) is 0. The van der Waals surface area contributed by atoms with Crippen LogP contribution in [0.15, 0.2) is 35.1 Å². The molecule has 0 aliphatic heterocycles. The van der Waals surface area contributed by atoms with Gasteiger partial charge in [0.2, 0.25) is 0 Å². The molecule has 0 spiro atoms. The standard InChI is InChI=1S/C15H20N2O/c1-11(2)8-13-4-6-14(7-5-13)10-17-12(3)9-15(18)16-17/h4-7,9,11H,8,10H2,1-3H3,(H,16,18). The van der Waals surface area contributed by atoms with E-state index in [0.29, 0.717) is 5.92 Å². The first-order valence-corrected chi connectivity index (χ1v) is 6.39. The lowest BCUT2D eigenvalue weighted by Crippen LogP contribution is -2.07. The number of rotatable bonds is 4. The Labute approximate surface area is 107 Å². The van der Waals surface area contributed by atoms with Crippen molar-refractivity contribution >= 4 is 0 Å². The van der Waals surface area contributed by atoms with Crippen LogP contribution in [0.5, 0.6) is 0 Å². The number of benzene rings is 1. The zero-order valence-corrected chi connectivity index (χ0v) is 11.2. The maximum atomic E-state index is 11.2. The number of nitrogens with zero attached hydrogens (tertiary/aromatic N) is 1. The molecule has 96 valence electrons. The van der Waals surface area contributed by atoms with Gasteiger partial charge < -0.3 is 0 Å². The van der Waals surface area contributed by atoms with Gasteiger partial charge in [0.25, 0.3) is 5.56 Å². The van der Waals surface area contributed by atoms with Crippen LogP contribution in [0.2, 0.25) is 0 Å². The molecule has 0 bridgehead atoms. The van der Waals surface area contributed by atoms with Gasteiger partial charge in [-0.05, 0) is 30.4 Å². The Kier molecular flexibility index (Phi) is 3.70. The van der Waals surface area contributed by atoms with E-state index in [0.717, 1.165) is 18.7 Å². The van der Waals surface area contributed by atoms with Crippen molar-refractivity contribution in [2.45, 2.75) is 33.7 Å². The highest BCUT2D eigenvalue weighted by Crippen LogP contribution is 2.11. The Balaban J connectivity index is 2.11. The predicted octanol–water partition coefficient (Wildman–Crippen LogP) is 2.73. The molecule has 0 amide bonds. The average Bonchev–Trinajstić information content (AvgIpc) is 2.59. The number of nitrogens with one attached hydrogen (secondary N) is 1. The summed E-state index contributed by atoms with van der Waals surface area (Å²) >= 11 is 0. The normalized spacial score (nSPS) is 11.1. The molecule has 0 saturated heterocycles. The van der Waals surface area contributed by atoms with Crippen LogP contribution in [0.4, 0.5) is 0 Å². The van der Waals surface area contributed by atoms with Crippen molar-refractivity contribution in [1.29, 1.82) is 0 Å². The molecule has 18 heavy (non-hydrogen) atoms. The lowest BCUT2D eigenvalue weighted by molar-refractivity contribution is 0.644. The molecule has 0 aliphatic carbocycles. The Morgan fingerprint density at radius 3 is 2.28 bits per heavy atom. The van der Waals surface area contributed by atoms with Crippen LogP contribution in [0.1, 0.15) is 30.7 Å². The summed E-state index contributed by atoms with van der Waals surface area (Å²) in [5.41, 5.74) is 3.50. The number of hydrogen-bond acceptors (Lipinski definition) is 1. The van der Waals surface area contributed by atoms with Crippen LogP contribution in [0.3, 0.4) is 0 Å². The van der Waals surface area contributed by atoms with Crippen LogP contribution in [0.25, 0.3) is 0 Å². The van der Waals surface area contributed by atoms with Crippen LogP contribution < -0.4 is 5.56 Å². The lowest BCUT2D eigenvalue weighted by atomic mass is 10.0. The number of hydrogen-bond donors (Lipinski definition) is 1. The van der Waals surface area contributed by atoms with Crippen molar-refractivity contribution in [2.75, 3.05) is 0 Å². The maximum absolute atomic E-state index is 11.2. The van der Waals surface area contributed by atoms with E-state index >= 15 is 0 Å². The van der Waals surface area contributed by atoms with Gasteiger partial charge in [0.05, 0.1) is 6.54 Å². The number of H-pyrrole nitrogens is 1. The van der Waals surface area contributed by atoms with Gasteiger partial charge >= 0.3 is 0 Å². The first-order valence-electron chi connectivity index (χ1n) is 6.39. The van der Waals surface area contributed by atoms with Gasteiger partial charge in [-0.2, -0.15) is 0 Å². The molecule has 2 aromatic rings. The number of aromatic amines is 1. The fraction of sp³-hybridized carbons (Fsp3) is 0.400. The zero-order chi connectivity index (χ0) is 13.1. The third kappa shape index (κ3) is 3.13. The molecule has 0 saturated carbocycles. The van der Waals surface area contributed by atoms with Crippen LogP contribution in [-0.4, -0.2) is 9.78 Å². The molecular formula is C15H20N2O. The van der Waals surface area contributed by atoms with Gasteiger partial charge in [-0.15, -0.1) is 0 Å². The number of aromatic nitrogens is 2. The summed E-state index contributed by atoms with van der Waals surface area (Å²) in [6.07, 6.45) is 1.11. The van der Waals surface area contributed by atoms with Gasteiger partial charge in [-0.3, -0.25) is 14.6 Å². The highest BCUT2D eigenvalue weighted by molar-refractivity contribution is 5.23. The smallest absolute Gasteiger partial charge is 0.264 e. The summed E-state index contributed by atoms with van der Waals surface area (Å²) in [5.74, 6) is 0.680. The molecule has 0 atom stereocenters. The minimum atomic E-state index is -0.0380. The number of aryl methyl sites for hydroxylation is 1. The van der Waals surface area contributed by atoms with Gasteiger partial charge in [0.1, 0.15) is 0 Å². The lowest BCUT2D eigenvalue weighted by Gasteiger charge is -2.08. The first kappa shape index (κ1) is 12.7. The van der Waals surface area contributed by atoms with Crippen LogP contribution in [-0.2, 0) is 13.0 Å². The van der Waals surface area contributed by atoms with E-state index in [9.17, 15) is 4.79 Å². The molecule has 0 radical (unpaired) electrons. The fourth-order valence-electron chi connectivity index (χ4n) is 2.12. The topological polar surface area (TPSA) is 37.8 Å². The second kappa shape index (κ2) is 5.25. The molecule has 1 aromatic carbocycles. The van der Waals surface area contributed by atoms with Crippen LogP contribution >= 0.6 is 0 Å². The van der Waals surface area contributed by atoms with Crippen molar-refractivity contribution in [2.24, 2.45) is 5.92 Å². The van der Waals surface area contributed by atoms with E-state index in [1.165, 1.54) is 11.1 Å². The van der Waals surface area contributed by atoms with Crippen molar-refractivity contribution < 1.29 is 0 Å². The average molecular weight is 244 g/mol. The van der Waals surface area contributed by atoms with E-state index in [4.69, 9.17) is 0 Å². The minimum Gasteiger partial charge on any atom is -0.285 e. The Morgan fingerprint density at radius 2 is 1.78 bits per heavy atom. The van der Waals surface area contributed by atoms with Crippen molar-refractivity contribution in [1.82, 2.24) is 9.78 Å². The highest BCUT2D eigenvalue weighted by atomic mass is 16.1. The molecule has 1 aromatic heterocycles. The third-order valence-electron chi connectivity index (χ3n) is 3.02. The molecule has 0 fully saturated rings. The third-order valence-corrected chi connectivity index (χ3v) is 3.02. The molecule has 0 aliphatic rings. The van der Waals surface area contributed by atoms with Gasteiger partial charge in [-0.25, -0.2) is 0 Å². The molecule has 2 rings (SSSR count). The van der Waals surface area contributed by atoms with E-state index in [1.54, 1.807) is 6.07 Å². The van der Waals surface area contributed by atoms with E-state index < -0.39 is 0 Å². The summed E-state index contributed by atoms with van der Waals surface area (Å²) < 4.78 is 1.87. The van der Waals surface area contributed by atoms with E-state index in [2.05, 4.69) is 43.2 Å². The molecule has 1 N–H and O–H groups in total. The zero-order valence-electron chi connectivity index (χ0n) is 11.2. The first-order chi connectivity index (χ1) is 8.54. The second-order valence-electron chi connectivity index (χ2n) is 5.26. The van der Waals surface area contributed by atoms with Crippen molar-refractivity contribution in [3.05, 3.63) is 57.5 Å². The maximum Gasteiger partial charge on any atom is 0.264 e. The van der Waals surface area contributed by atoms with Crippen LogP contribution in [0, 0.1) is 12.8 Å². The Bertz CT molecular complexity index is 561. The predicted molar refractivity (Wildman–Crippen MR) is 73.9 cm³/mol. The van der Waals surface area contributed by atoms with E-state index in [-0.39, 0.29) is 5.56 Å². The fourth-order valence-corrected chi connectivity index (χ4v) is 2.12. The molecule has 3 heteroatoms. The highest BCUT2D eigenvalue weighted by Gasteiger charge is 2.02. The minimum absolute atomic E-state index is 0.0380. The summed E-state index contributed by atoms with van der Waals surface area (Å²) in [6, 6.07) is 10.2. The molecule has 3 nitrogen and oxygen atoms in total. The summed E-state index contributed by atoms with van der Waals surface area (Å²) in [6.45, 7) is 7.10. The Hall–Kier alpha value is -1.77. The van der Waals surface area contributed by atoms with Gasteiger partial charge in [-0.1, -0.05) is 38.1 Å². The largest absolute Gasteiger partial charge is 0.285 e.